The van der Waals surface area contributed by atoms with E-state index >= 15 is 0 Å². The molecule has 1 heterocycles. The molecule has 2 aliphatic rings. The fourth-order valence-corrected chi connectivity index (χ4v) is 4.00. The van der Waals surface area contributed by atoms with E-state index in [1.54, 1.807) is 0 Å². The minimum atomic E-state index is -3.08. The second kappa shape index (κ2) is 5.34. The van der Waals surface area contributed by atoms with Crippen LogP contribution in [0.5, 0.6) is 0 Å². The van der Waals surface area contributed by atoms with Crippen molar-refractivity contribution in [2.24, 2.45) is 5.92 Å². The first kappa shape index (κ1) is 12.8. The van der Waals surface area contributed by atoms with E-state index in [-0.39, 0.29) is 6.04 Å². The summed E-state index contributed by atoms with van der Waals surface area (Å²) in [4.78, 5) is 2.06. The maximum Gasteiger partial charge on any atom is 0.212 e. The van der Waals surface area contributed by atoms with Gasteiger partial charge in [0.1, 0.15) is 0 Å². The molecule has 1 saturated heterocycles. The zero-order chi connectivity index (χ0) is 12.3. The number of sulfonamides is 1. The van der Waals surface area contributed by atoms with Gasteiger partial charge in [-0.2, -0.15) is 5.26 Å². The Morgan fingerprint density at radius 3 is 2.41 bits per heavy atom. The van der Waals surface area contributed by atoms with Gasteiger partial charge in [0.15, 0.2) is 0 Å². The van der Waals surface area contributed by atoms with Gasteiger partial charge in [-0.25, -0.2) is 13.1 Å². The largest absolute Gasteiger partial charge is 0.290 e. The van der Waals surface area contributed by atoms with Gasteiger partial charge >= 0.3 is 0 Å². The molecule has 96 valence electrons. The predicted molar refractivity (Wildman–Crippen MR) is 64.7 cm³/mol. The van der Waals surface area contributed by atoms with Crippen LogP contribution >= 0.6 is 0 Å². The summed E-state index contributed by atoms with van der Waals surface area (Å²) < 4.78 is 26.4. The van der Waals surface area contributed by atoms with Crippen molar-refractivity contribution in [3.63, 3.8) is 0 Å². The lowest BCUT2D eigenvalue weighted by Gasteiger charge is -2.30. The summed E-state index contributed by atoms with van der Waals surface area (Å²) in [6, 6.07) is 2.19. The summed E-state index contributed by atoms with van der Waals surface area (Å²) in [7, 11) is -3.08. The Kier molecular flexibility index (Phi) is 4.02. The maximum absolute atomic E-state index is 11.8. The Balaban J connectivity index is 1.75. The third-order valence-electron chi connectivity index (χ3n) is 3.38. The number of nitriles is 1. The predicted octanol–water partition coefficient (Wildman–Crippen LogP) is 0.304. The molecule has 6 heteroatoms. The molecule has 0 aromatic carbocycles. The number of piperidine rings is 1. The monoisotopic (exact) mass is 257 g/mol. The van der Waals surface area contributed by atoms with Gasteiger partial charge in [0.05, 0.1) is 18.4 Å². The molecular weight excluding hydrogens is 238 g/mol. The van der Waals surface area contributed by atoms with Crippen molar-refractivity contribution >= 4 is 10.0 Å². The van der Waals surface area contributed by atoms with Crippen LogP contribution in [0.15, 0.2) is 0 Å². The van der Waals surface area contributed by atoms with Crippen molar-refractivity contribution in [3.05, 3.63) is 0 Å². The first-order valence-corrected chi connectivity index (χ1v) is 7.83. The van der Waals surface area contributed by atoms with Gasteiger partial charge in [-0.3, -0.25) is 4.90 Å². The molecule has 17 heavy (non-hydrogen) atoms. The lowest BCUT2D eigenvalue weighted by Crippen LogP contribution is -2.45. The first-order valence-electron chi connectivity index (χ1n) is 6.18. The van der Waals surface area contributed by atoms with E-state index in [0.717, 1.165) is 38.8 Å². The van der Waals surface area contributed by atoms with Crippen LogP contribution in [-0.2, 0) is 10.0 Å². The zero-order valence-electron chi connectivity index (χ0n) is 9.93. The smallest absolute Gasteiger partial charge is 0.212 e. The number of likely N-dealkylation sites (tertiary alicyclic amines) is 1. The van der Waals surface area contributed by atoms with Crippen molar-refractivity contribution in [3.8, 4) is 6.07 Å². The lowest BCUT2D eigenvalue weighted by molar-refractivity contribution is 0.229. The van der Waals surface area contributed by atoms with Crippen LogP contribution < -0.4 is 4.72 Å². The highest BCUT2D eigenvalue weighted by Gasteiger charge is 2.30. The standard InChI is InChI=1S/C11H19N3O2S/c12-5-8-14-6-3-11(4-7-14)13-17(15,16)9-10-1-2-10/h10-11,13H,1-4,6-9H2. The average molecular weight is 257 g/mol. The SMILES string of the molecule is N#CCN1CCC(NS(=O)(=O)CC2CC2)CC1. The Bertz CT molecular complexity index is 389. The van der Waals surface area contributed by atoms with Gasteiger partial charge < -0.3 is 0 Å². The normalized spacial score (nSPS) is 23.5. The molecule has 0 amide bonds. The van der Waals surface area contributed by atoms with E-state index < -0.39 is 10.0 Å². The van der Waals surface area contributed by atoms with E-state index in [9.17, 15) is 8.42 Å². The van der Waals surface area contributed by atoms with Crippen molar-refractivity contribution in [1.29, 1.82) is 5.26 Å². The average Bonchev–Trinajstić information content (AvgIpc) is 3.04. The maximum atomic E-state index is 11.8. The third kappa shape index (κ3) is 4.26. The van der Waals surface area contributed by atoms with Gasteiger partial charge in [-0.1, -0.05) is 0 Å². The number of hydrogen-bond acceptors (Lipinski definition) is 4. The topological polar surface area (TPSA) is 73.2 Å². The highest BCUT2D eigenvalue weighted by molar-refractivity contribution is 7.89. The quantitative estimate of drug-likeness (QED) is 0.719. The Morgan fingerprint density at radius 2 is 1.88 bits per heavy atom. The Labute approximate surface area is 103 Å². The Hall–Kier alpha value is -0.640. The second-order valence-electron chi connectivity index (χ2n) is 5.05. The molecule has 0 spiro atoms. The molecule has 0 radical (unpaired) electrons. The van der Waals surface area contributed by atoms with Gasteiger partial charge in [-0.05, 0) is 31.6 Å². The highest BCUT2D eigenvalue weighted by atomic mass is 32.2. The molecular formula is C11H19N3O2S. The zero-order valence-corrected chi connectivity index (χ0v) is 10.7. The summed E-state index contributed by atoms with van der Waals surface area (Å²) in [5.74, 6) is 0.692. The molecule has 1 aliphatic heterocycles. The van der Waals surface area contributed by atoms with E-state index in [1.165, 1.54) is 0 Å². The fourth-order valence-electron chi connectivity index (χ4n) is 2.21. The van der Waals surface area contributed by atoms with Crippen LogP contribution in [0.4, 0.5) is 0 Å². The number of nitrogens with zero attached hydrogens (tertiary/aromatic N) is 2. The lowest BCUT2D eigenvalue weighted by atomic mass is 10.1. The summed E-state index contributed by atoms with van der Waals surface area (Å²) in [5, 5.41) is 8.57. The molecule has 2 rings (SSSR count). The summed E-state index contributed by atoms with van der Waals surface area (Å²) in [6.45, 7) is 2.07. The molecule has 0 unspecified atom stereocenters. The molecule has 1 aliphatic carbocycles. The molecule has 0 atom stereocenters. The van der Waals surface area contributed by atoms with E-state index in [4.69, 9.17) is 5.26 Å². The van der Waals surface area contributed by atoms with Crippen LogP contribution in [0.3, 0.4) is 0 Å². The molecule has 0 bridgehead atoms. The van der Waals surface area contributed by atoms with Crippen LogP contribution in [-0.4, -0.2) is 44.7 Å². The molecule has 0 aromatic heterocycles. The van der Waals surface area contributed by atoms with Crippen molar-refractivity contribution in [2.45, 2.75) is 31.7 Å². The molecule has 1 saturated carbocycles. The van der Waals surface area contributed by atoms with Crippen LogP contribution in [0.2, 0.25) is 0 Å². The van der Waals surface area contributed by atoms with Gasteiger partial charge in [0.2, 0.25) is 10.0 Å². The van der Waals surface area contributed by atoms with Gasteiger partial charge in [0, 0.05) is 19.1 Å². The van der Waals surface area contributed by atoms with E-state index in [1.807, 2.05) is 0 Å². The fraction of sp³-hybridized carbons (Fsp3) is 0.909. The summed E-state index contributed by atoms with van der Waals surface area (Å²) in [5.41, 5.74) is 0. The summed E-state index contributed by atoms with van der Waals surface area (Å²) in [6.07, 6.45) is 3.74. The Morgan fingerprint density at radius 1 is 1.24 bits per heavy atom. The van der Waals surface area contributed by atoms with Crippen molar-refractivity contribution < 1.29 is 8.42 Å². The van der Waals surface area contributed by atoms with Crippen molar-refractivity contribution in [2.75, 3.05) is 25.4 Å². The van der Waals surface area contributed by atoms with Crippen LogP contribution in [0.25, 0.3) is 0 Å². The number of hydrogen-bond donors (Lipinski definition) is 1. The number of nitrogens with one attached hydrogen (secondary N) is 1. The van der Waals surface area contributed by atoms with Gasteiger partial charge in [0.25, 0.3) is 0 Å². The molecule has 5 nitrogen and oxygen atoms in total. The second-order valence-corrected chi connectivity index (χ2v) is 6.85. The summed E-state index contributed by atoms with van der Waals surface area (Å²) >= 11 is 0. The van der Waals surface area contributed by atoms with Gasteiger partial charge in [-0.15, -0.1) is 0 Å². The van der Waals surface area contributed by atoms with Crippen LogP contribution in [0.1, 0.15) is 25.7 Å². The van der Waals surface area contributed by atoms with Crippen LogP contribution in [0, 0.1) is 17.2 Å². The van der Waals surface area contributed by atoms with Crippen molar-refractivity contribution in [1.82, 2.24) is 9.62 Å². The van der Waals surface area contributed by atoms with E-state index in [0.29, 0.717) is 18.2 Å². The minimum absolute atomic E-state index is 0.0636. The minimum Gasteiger partial charge on any atom is -0.290 e. The molecule has 2 fully saturated rings. The number of rotatable bonds is 5. The molecule has 1 N–H and O–H groups in total. The highest BCUT2D eigenvalue weighted by Crippen LogP contribution is 2.30. The first-order chi connectivity index (χ1) is 8.09. The van der Waals surface area contributed by atoms with E-state index in [2.05, 4.69) is 15.7 Å². The third-order valence-corrected chi connectivity index (χ3v) is 4.98. The molecule has 0 aromatic rings.